The summed E-state index contributed by atoms with van der Waals surface area (Å²) in [5, 5.41) is 2.82. The van der Waals surface area contributed by atoms with Crippen molar-refractivity contribution in [1.29, 1.82) is 0 Å². The Balaban J connectivity index is 1.88. The van der Waals surface area contributed by atoms with E-state index >= 15 is 0 Å². The minimum atomic E-state index is -3.71. The molecule has 1 aliphatic heterocycles. The highest BCUT2D eigenvalue weighted by atomic mass is 32.2. The lowest BCUT2D eigenvalue weighted by atomic mass is 10.2. The maximum Gasteiger partial charge on any atom is 0.243 e. The highest BCUT2D eigenvalue weighted by Gasteiger charge is 2.27. The number of morpholine rings is 1. The molecule has 0 saturated carbocycles. The minimum Gasteiger partial charge on any atom is -0.494 e. The summed E-state index contributed by atoms with van der Waals surface area (Å²) >= 11 is 0. The lowest BCUT2D eigenvalue weighted by molar-refractivity contribution is -0.116. The normalized spacial score (nSPS) is 14.7. The Morgan fingerprint density at radius 3 is 2.41 bits per heavy atom. The summed E-state index contributed by atoms with van der Waals surface area (Å²) in [6.07, 6.45) is 1.97. The van der Waals surface area contributed by atoms with E-state index in [2.05, 4.69) is 5.32 Å². The van der Waals surface area contributed by atoms with E-state index < -0.39 is 10.0 Å². The molecule has 9 heteroatoms. The van der Waals surface area contributed by atoms with Crippen molar-refractivity contribution in [2.24, 2.45) is 0 Å². The molecule has 0 unspecified atom stereocenters. The number of sulfonamides is 1. The van der Waals surface area contributed by atoms with Crippen LogP contribution in [0.25, 0.3) is 0 Å². The maximum atomic E-state index is 13.1. The van der Waals surface area contributed by atoms with Gasteiger partial charge in [0, 0.05) is 19.5 Å². The molecule has 1 heterocycles. The first kappa shape index (κ1) is 24.0. The number of hydrogen-bond donors (Lipinski definition) is 1. The molecule has 2 aromatic rings. The highest BCUT2D eigenvalue weighted by Crippen LogP contribution is 2.33. The third-order valence-corrected chi connectivity index (χ3v) is 6.85. The molecule has 0 radical (unpaired) electrons. The topological polar surface area (TPSA) is 94.2 Å². The number of amides is 1. The van der Waals surface area contributed by atoms with Gasteiger partial charge in [-0.2, -0.15) is 4.31 Å². The van der Waals surface area contributed by atoms with Crippen LogP contribution in [0.1, 0.15) is 33.1 Å². The number of nitrogens with zero attached hydrogens (tertiary/aromatic N) is 1. The van der Waals surface area contributed by atoms with Crippen LogP contribution in [0.15, 0.2) is 47.4 Å². The van der Waals surface area contributed by atoms with Gasteiger partial charge in [-0.25, -0.2) is 8.42 Å². The number of benzene rings is 2. The molecule has 0 aromatic heterocycles. The van der Waals surface area contributed by atoms with Crippen LogP contribution in [0.2, 0.25) is 0 Å². The van der Waals surface area contributed by atoms with E-state index in [0.29, 0.717) is 56.5 Å². The standard InChI is InChI=1S/C23H30N2O6S/c1-3-5-6-23(26)24-21-17-20(32(27,28)25-13-15-29-16-14-25)11-12-22(21)31-19-9-7-18(8-10-19)30-4-2/h7-12,17H,3-6,13-16H2,1-2H3,(H,24,26). The van der Waals surface area contributed by atoms with Gasteiger partial charge in [0.2, 0.25) is 15.9 Å². The van der Waals surface area contributed by atoms with Gasteiger partial charge in [0.15, 0.2) is 5.75 Å². The second-order valence-corrected chi connectivity index (χ2v) is 9.27. The van der Waals surface area contributed by atoms with E-state index in [1.54, 1.807) is 30.3 Å². The molecule has 1 saturated heterocycles. The lowest BCUT2D eigenvalue weighted by Gasteiger charge is -2.26. The quantitative estimate of drug-likeness (QED) is 0.573. The maximum absolute atomic E-state index is 13.1. The number of carbonyl (C=O) groups is 1. The van der Waals surface area contributed by atoms with Gasteiger partial charge in [-0.1, -0.05) is 13.3 Å². The van der Waals surface area contributed by atoms with E-state index in [-0.39, 0.29) is 10.8 Å². The zero-order valence-electron chi connectivity index (χ0n) is 18.5. The van der Waals surface area contributed by atoms with Crippen LogP contribution >= 0.6 is 0 Å². The molecule has 32 heavy (non-hydrogen) atoms. The van der Waals surface area contributed by atoms with Crippen molar-refractivity contribution in [3.63, 3.8) is 0 Å². The molecule has 1 fully saturated rings. The van der Waals surface area contributed by atoms with E-state index in [1.165, 1.54) is 16.4 Å². The number of unbranched alkanes of at least 4 members (excludes halogenated alkanes) is 1. The Bertz CT molecular complexity index is 1000. The van der Waals surface area contributed by atoms with E-state index in [1.807, 2.05) is 13.8 Å². The Morgan fingerprint density at radius 1 is 1.06 bits per heavy atom. The Hall–Kier alpha value is -2.62. The van der Waals surface area contributed by atoms with Gasteiger partial charge in [-0.05, 0) is 55.8 Å². The van der Waals surface area contributed by atoms with Gasteiger partial charge in [0.05, 0.1) is 30.4 Å². The summed E-state index contributed by atoms with van der Waals surface area (Å²) in [5.41, 5.74) is 0.314. The van der Waals surface area contributed by atoms with Gasteiger partial charge in [-0.15, -0.1) is 0 Å². The third kappa shape index (κ3) is 6.21. The molecular weight excluding hydrogens is 432 g/mol. The summed E-state index contributed by atoms with van der Waals surface area (Å²) in [6.45, 7) is 5.79. The number of anilines is 1. The lowest BCUT2D eigenvalue weighted by Crippen LogP contribution is -2.40. The smallest absolute Gasteiger partial charge is 0.243 e. The number of carbonyl (C=O) groups excluding carboxylic acids is 1. The van der Waals surface area contributed by atoms with Crippen molar-refractivity contribution in [3.8, 4) is 17.2 Å². The van der Waals surface area contributed by atoms with E-state index in [0.717, 1.165) is 18.6 Å². The molecule has 0 spiro atoms. The van der Waals surface area contributed by atoms with E-state index in [9.17, 15) is 13.2 Å². The fourth-order valence-corrected chi connectivity index (χ4v) is 4.67. The average molecular weight is 463 g/mol. The van der Waals surface area contributed by atoms with Crippen molar-refractivity contribution in [2.45, 2.75) is 38.0 Å². The van der Waals surface area contributed by atoms with Gasteiger partial charge in [0.1, 0.15) is 11.5 Å². The number of ether oxygens (including phenoxy) is 3. The van der Waals surface area contributed by atoms with Gasteiger partial charge < -0.3 is 19.5 Å². The minimum absolute atomic E-state index is 0.101. The van der Waals surface area contributed by atoms with Crippen LogP contribution in [-0.2, 0) is 19.6 Å². The monoisotopic (exact) mass is 462 g/mol. The first-order valence-corrected chi connectivity index (χ1v) is 12.3. The molecule has 0 bridgehead atoms. The fourth-order valence-electron chi connectivity index (χ4n) is 3.24. The van der Waals surface area contributed by atoms with Crippen molar-refractivity contribution >= 4 is 21.6 Å². The van der Waals surface area contributed by atoms with Gasteiger partial charge in [0.25, 0.3) is 0 Å². The Kier molecular flexibility index (Phi) is 8.49. The van der Waals surface area contributed by atoms with Crippen LogP contribution in [0.3, 0.4) is 0 Å². The molecular formula is C23H30N2O6S. The van der Waals surface area contributed by atoms with Crippen LogP contribution in [0.5, 0.6) is 17.2 Å². The van der Waals surface area contributed by atoms with Crippen LogP contribution in [0.4, 0.5) is 5.69 Å². The number of hydrogen-bond acceptors (Lipinski definition) is 6. The van der Waals surface area contributed by atoms with Gasteiger partial charge >= 0.3 is 0 Å². The van der Waals surface area contributed by atoms with Crippen LogP contribution < -0.4 is 14.8 Å². The predicted octanol–water partition coefficient (Wildman–Crippen LogP) is 4.03. The molecule has 2 aromatic carbocycles. The second-order valence-electron chi connectivity index (χ2n) is 7.33. The van der Waals surface area contributed by atoms with Crippen LogP contribution in [-0.4, -0.2) is 51.5 Å². The van der Waals surface area contributed by atoms with Crippen molar-refractivity contribution in [2.75, 3.05) is 38.2 Å². The zero-order valence-corrected chi connectivity index (χ0v) is 19.3. The number of nitrogens with one attached hydrogen (secondary N) is 1. The van der Waals surface area contributed by atoms with Crippen molar-refractivity contribution < 1.29 is 27.4 Å². The molecule has 1 amide bonds. The summed E-state index contributed by atoms with van der Waals surface area (Å²) in [6, 6.07) is 11.6. The Morgan fingerprint density at radius 2 is 1.75 bits per heavy atom. The van der Waals surface area contributed by atoms with E-state index in [4.69, 9.17) is 14.2 Å². The largest absolute Gasteiger partial charge is 0.494 e. The second kappa shape index (κ2) is 11.3. The molecule has 1 N–H and O–H groups in total. The molecule has 0 atom stereocenters. The third-order valence-electron chi connectivity index (χ3n) is 4.95. The zero-order chi connectivity index (χ0) is 23.0. The molecule has 3 rings (SSSR count). The summed E-state index contributed by atoms with van der Waals surface area (Å²) in [7, 11) is -3.71. The first-order chi connectivity index (χ1) is 15.4. The molecule has 174 valence electrons. The molecule has 1 aliphatic rings. The van der Waals surface area contributed by atoms with Crippen molar-refractivity contribution in [1.82, 2.24) is 4.31 Å². The predicted molar refractivity (Wildman–Crippen MR) is 122 cm³/mol. The van der Waals surface area contributed by atoms with Crippen LogP contribution in [0, 0.1) is 0 Å². The SMILES string of the molecule is CCCCC(=O)Nc1cc(S(=O)(=O)N2CCOCC2)ccc1Oc1ccc(OCC)cc1. The Labute approximate surface area is 189 Å². The fraction of sp³-hybridized carbons (Fsp3) is 0.435. The summed E-state index contributed by atoms with van der Waals surface area (Å²) in [5.74, 6) is 1.44. The first-order valence-electron chi connectivity index (χ1n) is 10.9. The van der Waals surface area contributed by atoms with Crippen molar-refractivity contribution in [3.05, 3.63) is 42.5 Å². The summed E-state index contributed by atoms with van der Waals surface area (Å²) in [4.78, 5) is 12.5. The molecule has 0 aliphatic carbocycles. The highest BCUT2D eigenvalue weighted by molar-refractivity contribution is 7.89. The molecule has 8 nitrogen and oxygen atoms in total. The van der Waals surface area contributed by atoms with Gasteiger partial charge in [-0.3, -0.25) is 4.79 Å². The number of rotatable bonds is 10. The summed E-state index contributed by atoms with van der Waals surface area (Å²) < 4.78 is 44.2. The average Bonchev–Trinajstić information content (AvgIpc) is 2.80.